The zero-order valence-electron chi connectivity index (χ0n) is 18.4. The Morgan fingerprint density at radius 2 is 2.00 bits per heavy atom. The Labute approximate surface area is 193 Å². The van der Waals surface area contributed by atoms with Crippen molar-refractivity contribution >= 4 is 23.5 Å². The number of benzene rings is 1. The molecule has 1 N–H and O–H groups in total. The number of ether oxygens (including phenoxy) is 2. The molecular weight excluding hydrogens is 430 g/mol. The average Bonchev–Trinajstić information content (AvgIpc) is 3.56. The van der Waals surface area contributed by atoms with Crippen LogP contribution < -0.4 is 9.64 Å². The van der Waals surface area contributed by atoms with E-state index in [1.165, 1.54) is 19.3 Å². The standard InChI is InChI=1S/C24H30ClN3O4/c1-31-15-16-13-26-24(27-14-16)28-7-4-17(5-8-28)21-10-18(21)6-9-32-20-3-2-19(11-23(29)30)22(25)12-20/h2-3,12-14,17-18,21H,4-11,15H2,1H3,(H,29,30)/t18-,21-/m1/s1. The van der Waals surface area contributed by atoms with Crippen molar-refractivity contribution in [3.8, 4) is 5.75 Å². The molecule has 1 aliphatic heterocycles. The first kappa shape index (κ1) is 22.8. The normalized spacial score (nSPS) is 20.9. The minimum atomic E-state index is -0.890. The van der Waals surface area contributed by atoms with Gasteiger partial charge in [0.2, 0.25) is 5.95 Å². The molecular formula is C24H30ClN3O4. The number of rotatable bonds is 10. The van der Waals surface area contributed by atoms with Crippen LogP contribution in [0.1, 0.15) is 36.8 Å². The number of hydrogen-bond acceptors (Lipinski definition) is 6. The second-order valence-corrected chi connectivity index (χ2v) is 9.18. The van der Waals surface area contributed by atoms with Crippen LogP contribution in [-0.4, -0.2) is 47.8 Å². The lowest BCUT2D eigenvalue weighted by Crippen LogP contribution is -2.35. The number of piperidine rings is 1. The van der Waals surface area contributed by atoms with Crippen molar-refractivity contribution in [2.45, 2.75) is 38.7 Å². The van der Waals surface area contributed by atoms with E-state index in [-0.39, 0.29) is 6.42 Å². The molecule has 2 aromatic rings. The maximum absolute atomic E-state index is 10.8. The van der Waals surface area contributed by atoms with Crippen molar-refractivity contribution < 1.29 is 19.4 Å². The molecule has 1 saturated carbocycles. The summed E-state index contributed by atoms with van der Waals surface area (Å²) in [4.78, 5) is 22.1. The van der Waals surface area contributed by atoms with Crippen LogP contribution >= 0.6 is 11.6 Å². The van der Waals surface area contributed by atoms with Gasteiger partial charge in [-0.15, -0.1) is 0 Å². The third kappa shape index (κ3) is 5.90. The average molecular weight is 460 g/mol. The molecule has 2 aliphatic rings. The number of carboxylic acids is 1. The summed E-state index contributed by atoms with van der Waals surface area (Å²) in [5.41, 5.74) is 1.60. The Morgan fingerprint density at radius 3 is 2.66 bits per heavy atom. The predicted octanol–water partition coefficient (Wildman–Crippen LogP) is 4.23. The monoisotopic (exact) mass is 459 g/mol. The Morgan fingerprint density at radius 1 is 1.25 bits per heavy atom. The second-order valence-electron chi connectivity index (χ2n) is 8.77. The predicted molar refractivity (Wildman–Crippen MR) is 122 cm³/mol. The fourth-order valence-corrected chi connectivity index (χ4v) is 4.95. The lowest BCUT2D eigenvalue weighted by Gasteiger charge is -2.32. The van der Waals surface area contributed by atoms with Gasteiger partial charge in [-0.05, 0) is 61.1 Å². The van der Waals surface area contributed by atoms with Gasteiger partial charge in [0.25, 0.3) is 0 Å². The molecule has 32 heavy (non-hydrogen) atoms. The van der Waals surface area contributed by atoms with Gasteiger partial charge >= 0.3 is 5.97 Å². The summed E-state index contributed by atoms with van der Waals surface area (Å²) in [5.74, 6) is 2.93. The van der Waals surface area contributed by atoms with Crippen molar-refractivity contribution in [1.29, 1.82) is 0 Å². The van der Waals surface area contributed by atoms with Crippen molar-refractivity contribution in [3.05, 3.63) is 46.7 Å². The molecule has 0 amide bonds. The summed E-state index contributed by atoms with van der Waals surface area (Å²) in [6.07, 6.45) is 8.33. The van der Waals surface area contributed by atoms with Gasteiger partial charge < -0.3 is 19.5 Å². The minimum absolute atomic E-state index is 0.0765. The highest BCUT2D eigenvalue weighted by Crippen LogP contribution is 2.49. The molecule has 8 heteroatoms. The molecule has 172 valence electrons. The van der Waals surface area contributed by atoms with Crippen LogP contribution in [0.25, 0.3) is 0 Å². The van der Waals surface area contributed by atoms with Gasteiger partial charge in [-0.25, -0.2) is 9.97 Å². The molecule has 1 aromatic heterocycles. The number of halogens is 1. The first-order valence-electron chi connectivity index (χ1n) is 11.2. The second kappa shape index (κ2) is 10.5. The van der Waals surface area contributed by atoms with Crippen LogP contribution in [0.15, 0.2) is 30.6 Å². The number of anilines is 1. The van der Waals surface area contributed by atoms with E-state index in [4.69, 9.17) is 26.2 Å². The van der Waals surface area contributed by atoms with Crippen LogP contribution in [0.2, 0.25) is 5.02 Å². The highest BCUT2D eigenvalue weighted by Gasteiger charge is 2.43. The quantitative estimate of drug-likeness (QED) is 0.569. The van der Waals surface area contributed by atoms with Gasteiger partial charge in [0, 0.05) is 43.2 Å². The number of nitrogens with zero attached hydrogens (tertiary/aromatic N) is 3. The van der Waals surface area contributed by atoms with Gasteiger partial charge in [-0.1, -0.05) is 17.7 Å². The van der Waals surface area contributed by atoms with Crippen molar-refractivity contribution in [2.75, 3.05) is 31.7 Å². The van der Waals surface area contributed by atoms with E-state index in [1.807, 2.05) is 12.4 Å². The SMILES string of the molecule is COCc1cnc(N2CCC([C@H]3C[C@H]3CCOc3ccc(CC(=O)O)c(Cl)c3)CC2)nc1. The van der Waals surface area contributed by atoms with Gasteiger partial charge in [-0.3, -0.25) is 4.79 Å². The molecule has 0 bridgehead atoms. The molecule has 4 rings (SSSR count). The van der Waals surface area contributed by atoms with Gasteiger partial charge in [0.1, 0.15) is 5.75 Å². The van der Waals surface area contributed by atoms with E-state index in [0.717, 1.165) is 48.8 Å². The number of aliphatic carboxylic acids is 1. The first-order valence-corrected chi connectivity index (χ1v) is 11.6. The molecule has 1 saturated heterocycles. The van der Waals surface area contributed by atoms with E-state index >= 15 is 0 Å². The number of carboxylic acid groups (broad SMARTS) is 1. The third-order valence-corrected chi connectivity index (χ3v) is 6.88. The molecule has 1 aromatic carbocycles. The van der Waals surface area contributed by atoms with E-state index in [2.05, 4.69) is 14.9 Å². The van der Waals surface area contributed by atoms with Crippen LogP contribution in [0, 0.1) is 17.8 Å². The van der Waals surface area contributed by atoms with Crippen LogP contribution in [0.4, 0.5) is 5.95 Å². The summed E-state index contributed by atoms with van der Waals surface area (Å²) in [7, 11) is 1.67. The minimum Gasteiger partial charge on any atom is -0.494 e. The topological polar surface area (TPSA) is 84.8 Å². The van der Waals surface area contributed by atoms with E-state index in [1.54, 1.807) is 25.3 Å². The zero-order valence-corrected chi connectivity index (χ0v) is 19.1. The Bertz CT molecular complexity index is 916. The lowest BCUT2D eigenvalue weighted by molar-refractivity contribution is -0.136. The Balaban J connectivity index is 1.17. The largest absolute Gasteiger partial charge is 0.494 e. The van der Waals surface area contributed by atoms with Crippen molar-refractivity contribution in [2.24, 2.45) is 17.8 Å². The molecule has 7 nitrogen and oxygen atoms in total. The molecule has 2 atom stereocenters. The Kier molecular flexibility index (Phi) is 7.48. The van der Waals surface area contributed by atoms with Crippen molar-refractivity contribution in [3.63, 3.8) is 0 Å². The maximum atomic E-state index is 10.8. The molecule has 2 heterocycles. The van der Waals surface area contributed by atoms with E-state index in [0.29, 0.717) is 29.5 Å². The molecule has 0 radical (unpaired) electrons. The summed E-state index contributed by atoms with van der Waals surface area (Å²) in [6, 6.07) is 5.24. The fourth-order valence-electron chi connectivity index (χ4n) is 4.71. The summed E-state index contributed by atoms with van der Waals surface area (Å²) in [6.45, 7) is 3.22. The molecule has 1 aliphatic carbocycles. The molecule has 0 unspecified atom stereocenters. The third-order valence-electron chi connectivity index (χ3n) is 6.53. The van der Waals surface area contributed by atoms with Crippen LogP contribution in [-0.2, 0) is 22.6 Å². The Hall–Kier alpha value is -2.38. The van der Waals surface area contributed by atoms with E-state index < -0.39 is 5.97 Å². The van der Waals surface area contributed by atoms with Crippen molar-refractivity contribution in [1.82, 2.24) is 9.97 Å². The van der Waals surface area contributed by atoms with Gasteiger partial charge in [0.15, 0.2) is 0 Å². The van der Waals surface area contributed by atoms with Crippen LogP contribution in [0.5, 0.6) is 5.75 Å². The first-order chi connectivity index (χ1) is 15.5. The number of aromatic nitrogens is 2. The number of carbonyl (C=O) groups is 1. The number of methoxy groups -OCH3 is 1. The van der Waals surface area contributed by atoms with Crippen LogP contribution in [0.3, 0.4) is 0 Å². The van der Waals surface area contributed by atoms with Gasteiger partial charge in [-0.2, -0.15) is 0 Å². The van der Waals surface area contributed by atoms with E-state index in [9.17, 15) is 4.79 Å². The number of hydrogen-bond donors (Lipinski definition) is 1. The highest BCUT2D eigenvalue weighted by molar-refractivity contribution is 6.31. The smallest absolute Gasteiger partial charge is 0.307 e. The zero-order chi connectivity index (χ0) is 22.5. The summed E-state index contributed by atoms with van der Waals surface area (Å²) in [5, 5.41) is 9.34. The molecule has 0 spiro atoms. The summed E-state index contributed by atoms with van der Waals surface area (Å²) >= 11 is 6.17. The highest BCUT2D eigenvalue weighted by atomic mass is 35.5. The van der Waals surface area contributed by atoms with Gasteiger partial charge in [0.05, 0.1) is 19.6 Å². The maximum Gasteiger partial charge on any atom is 0.307 e. The molecule has 2 fully saturated rings. The lowest BCUT2D eigenvalue weighted by atomic mass is 9.90. The summed E-state index contributed by atoms with van der Waals surface area (Å²) < 4.78 is 11.0. The fraction of sp³-hybridized carbons (Fsp3) is 0.542.